The van der Waals surface area contributed by atoms with Gasteiger partial charge in [0.2, 0.25) is 0 Å². The number of rotatable bonds is 2. The van der Waals surface area contributed by atoms with Crippen LogP contribution in [0.15, 0.2) is 97.1 Å². The van der Waals surface area contributed by atoms with Gasteiger partial charge >= 0.3 is 0 Å². The molecule has 6 rings (SSSR count). The first-order valence-corrected chi connectivity index (χ1v) is 11.0. The third kappa shape index (κ3) is 2.92. The third-order valence-corrected chi connectivity index (χ3v) is 6.74. The maximum absolute atomic E-state index is 2.43. The highest BCUT2D eigenvalue weighted by atomic mass is 14.3. The molecule has 0 unspecified atom stereocenters. The lowest BCUT2D eigenvalue weighted by Gasteiger charge is -2.12. The third-order valence-electron chi connectivity index (χ3n) is 6.74. The smallest absolute Gasteiger partial charge is 0.0178 e. The first-order valence-electron chi connectivity index (χ1n) is 11.0. The second-order valence-corrected chi connectivity index (χ2v) is 8.43. The van der Waals surface area contributed by atoms with Crippen molar-refractivity contribution in [2.75, 3.05) is 0 Å². The summed E-state index contributed by atoms with van der Waals surface area (Å²) in [5, 5.41) is 0. The van der Waals surface area contributed by atoms with Gasteiger partial charge in [-0.15, -0.1) is 0 Å². The highest BCUT2D eigenvalue weighted by Crippen LogP contribution is 2.45. The molecular formula is C30H24. The van der Waals surface area contributed by atoms with Crippen molar-refractivity contribution in [2.24, 2.45) is 0 Å². The molecule has 0 nitrogen and oxygen atoms in total. The SMILES string of the molecule is c1ccc(-c2ccc3c(c2)/C(=C2\CCc4ccc(-c5ccccc5)cc42)CC3)cc1. The van der Waals surface area contributed by atoms with E-state index in [2.05, 4.69) is 97.1 Å². The number of fused-ring (bicyclic) bond motifs is 2. The molecule has 0 aliphatic heterocycles. The van der Waals surface area contributed by atoms with Crippen LogP contribution in [0.2, 0.25) is 0 Å². The largest absolute Gasteiger partial charge is 0.0622 e. The van der Waals surface area contributed by atoms with Crippen LogP contribution in [-0.2, 0) is 12.8 Å². The molecule has 4 aromatic carbocycles. The standard InChI is InChI=1S/C30H24/c1-3-7-21(8-4-1)25-13-11-23-15-17-27(29(23)19-25)28-18-16-24-12-14-26(20-30(24)28)22-9-5-2-6-10-22/h1-14,19-20H,15-18H2/b28-27+. The van der Waals surface area contributed by atoms with E-state index in [0.29, 0.717) is 0 Å². The minimum absolute atomic E-state index is 1.16. The lowest BCUT2D eigenvalue weighted by molar-refractivity contribution is 1.06. The van der Waals surface area contributed by atoms with Gasteiger partial charge in [-0.3, -0.25) is 0 Å². The van der Waals surface area contributed by atoms with Crippen LogP contribution in [0.4, 0.5) is 0 Å². The molecule has 0 N–H and O–H groups in total. The molecule has 2 aliphatic carbocycles. The zero-order valence-electron chi connectivity index (χ0n) is 17.1. The van der Waals surface area contributed by atoms with E-state index in [-0.39, 0.29) is 0 Å². The molecule has 0 amide bonds. The van der Waals surface area contributed by atoms with Crippen LogP contribution in [0.1, 0.15) is 35.1 Å². The van der Waals surface area contributed by atoms with Gasteiger partial charge in [-0.25, -0.2) is 0 Å². The predicted octanol–water partition coefficient (Wildman–Crippen LogP) is 7.82. The van der Waals surface area contributed by atoms with Crippen molar-refractivity contribution in [3.8, 4) is 22.3 Å². The second kappa shape index (κ2) is 7.15. The fraction of sp³-hybridized carbons (Fsp3) is 0.133. The summed E-state index contributed by atoms with van der Waals surface area (Å²) >= 11 is 0. The van der Waals surface area contributed by atoms with Crippen molar-refractivity contribution >= 4 is 11.1 Å². The Morgan fingerprint density at radius 3 is 1.23 bits per heavy atom. The molecule has 0 heterocycles. The number of aryl methyl sites for hydroxylation is 2. The van der Waals surface area contributed by atoms with E-state index in [9.17, 15) is 0 Å². The Hall–Kier alpha value is -3.38. The van der Waals surface area contributed by atoms with E-state index in [1.54, 1.807) is 11.1 Å². The second-order valence-electron chi connectivity index (χ2n) is 8.43. The summed E-state index contributed by atoms with van der Waals surface area (Å²) in [6.45, 7) is 0. The van der Waals surface area contributed by atoms with Gasteiger partial charge in [-0.2, -0.15) is 0 Å². The average Bonchev–Trinajstić information content (AvgIpc) is 3.43. The van der Waals surface area contributed by atoms with Crippen LogP contribution in [0.3, 0.4) is 0 Å². The van der Waals surface area contributed by atoms with Crippen LogP contribution < -0.4 is 0 Å². The first-order chi connectivity index (χ1) is 14.9. The average molecular weight is 385 g/mol. The summed E-state index contributed by atoms with van der Waals surface area (Å²) in [6.07, 6.45) is 4.66. The Balaban J connectivity index is 1.47. The molecule has 0 radical (unpaired) electrons. The van der Waals surface area contributed by atoms with Gasteiger partial charge in [0.25, 0.3) is 0 Å². The van der Waals surface area contributed by atoms with Crippen molar-refractivity contribution in [2.45, 2.75) is 25.7 Å². The fourth-order valence-electron chi connectivity index (χ4n) is 5.19. The summed E-state index contributed by atoms with van der Waals surface area (Å²) in [4.78, 5) is 0. The maximum Gasteiger partial charge on any atom is -0.0178 e. The number of hydrogen-bond acceptors (Lipinski definition) is 0. The van der Waals surface area contributed by atoms with Crippen molar-refractivity contribution in [1.29, 1.82) is 0 Å². The highest BCUT2D eigenvalue weighted by molar-refractivity contribution is 5.97. The lowest BCUT2D eigenvalue weighted by atomic mass is 9.93. The van der Waals surface area contributed by atoms with Crippen LogP contribution in [0.5, 0.6) is 0 Å². The van der Waals surface area contributed by atoms with Crippen LogP contribution in [0.25, 0.3) is 33.4 Å². The Labute approximate surface area is 178 Å². The van der Waals surface area contributed by atoms with Gasteiger partial charge in [0.15, 0.2) is 0 Å². The Morgan fingerprint density at radius 2 is 0.800 bits per heavy atom. The minimum atomic E-state index is 1.16. The molecule has 0 bridgehead atoms. The normalized spacial score (nSPS) is 17.1. The van der Waals surface area contributed by atoms with Crippen LogP contribution in [0, 0.1) is 0 Å². The Bertz CT molecular complexity index is 1160. The van der Waals surface area contributed by atoms with Gasteiger partial charge in [-0.05, 0) is 93.5 Å². The summed E-state index contributed by atoms with van der Waals surface area (Å²) in [6, 6.07) is 35.6. The zero-order chi connectivity index (χ0) is 19.9. The summed E-state index contributed by atoms with van der Waals surface area (Å²) in [5.74, 6) is 0. The molecule has 0 saturated carbocycles. The molecule has 4 aromatic rings. The predicted molar refractivity (Wildman–Crippen MR) is 127 cm³/mol. The number of allylic oxidation sites excluding steroid dienone is 2. The summed E-state index contributed by atoms with van der Waals surface area (Å²) in [7, 11) is 0. The molecular weight excluding hydrogens is 360 g/mol. The van der Waals surface area contributed by atoms with Gasteiger partial charge in [0.05, 0.1) is 0 Å². The fourth-order valence-corrected chi connectivity index (χ4v) is 5.19. The molecule has 0 atom stereocenters. The number of hydrogen-bond donors (Lipinski definition) is 0. The van der Waals surface area contributed by atoms with E-state index in [1.165, 1.54) is 44.5 Å². The van der Waals surface area contributed by atoms with Crippen molar-refractivity contribution in [1.82, 2.24) is 0 Å². The van der Waals surface area contributed by atoms with E-state index in [1.807, 2.05) is 0 Å². The van der Waals surface area contributed by atoms with Gasteiger partial charge in [0.1, 0.15) is 0 Å². The maximum atomic E-state index is 2.43. The van der Waals surface area contributed by atoms with E-state index >= 15 is 0 Å². The molecule has 2 aliphatic rings. The van der Waals surface area contributed by atoms with Crippen molar-refractivity contribution < 1.29 is 0 Å². The summed E-state index contributed by atoms with van der Waals surface area (Å²) < 4.78 is 0. The van der Waals surface area contributed by atoms with Crippen LogP contribution in [-0.4, -0.2) is 0 Å². The molecule has 0 fully saturated rings. The van der Waals surface area contributed by atoms with E-state index < -0.39 is 0 Å². The summed E-state index contributed by atoms with van der Waals surface area (Å²) in [5.41, 5.74) is 14.4. The van der Waals surface area contributed by atoms with Crippen molar-refractivity contribution in [3.05, 3.63) is 119 Å². The topological polar surface area (TPSA) is 0 Å². The molecule has 0 spiro atoms. The molecule has 144 valence electrons. The van der Waals surface area contributed by atoms with Crippen LogP contribution >= 0.6 is 0 Å². The monoisotopic (exact) mass is 384 g/mol. The quantitative estimate of drug-likeness (QED) is 0.330. The van der Waals surface area contributed by atoms with Gasteiger partial charge in [-0.1, -0.05) is 84.9 Å². The lowest BCUT2D eigenvalue weighted by Crippen LogP contribution is -1.89. The van der Waals surface area contributed by atoms with Crippen molar-refractivity contribution in [3.63, 3.8) is 0 Å². The highest BCUT2D eigenvalue weighted by Gasteiger charge is 2.25. The number of benzene rings is 4. The molecule has 0 aromatic heterocycles. The molecule has 0 heteroatoms. The van der Waals surface area contributed by atoms with E-state index in [0.717, 1.165) is 25.7 Å². The van der Waals surface area contributed by atoms with E-state index in [4.69, 9.17) is 0 Å². The van der Waals surface area contributed by atoms with Gasteiger partial charge in [0, 0.05) is 0 Å². The molecule has 0 saturated heterocycles. The first kappa shape index (κ1) is 17.5. The Kier molecular flexibility index (Phi) is 4.16. The van der Waals surface area contributed by atoms with Gasteiger partial charge < -0.3 is 0 Å². The Morgan fingerprint density at radius 1 is 0.367 bits per heavy atom. The molecule has 30 heavy (non-hydrogen) atoms. The zero-order valence-corrected chi connectivity index (χ0v) is 17.1. The minimum Gasteiger partial charge on any atom is -0.0622 e.